The molecule has 2 aliphatic heterocycles. The fourth-order valence-corrected chi connectivity index (χ4v) is 4.35. The van der Waals surface area contributed by atoms with Gasteiger partial charge in [-0.25, -0.2) is 12.7 Å². The Bertz CT molecular complexity index is 714. The standard InChI is InChI=1S/C18H27N3O4S/c1-26(23,24)21-8-2-3-16(14-21)18(22)19-13-15-4-6-17(7-5-15)20-9-11-25-12-10-20/h4-7,16H,2-3,8-14H2,1H3,(H,19,22)/t16-/m1/s1. The molecule has 0 bridgehead atoms. The zero-order valence-corrected chi connectivity index (χ0v) is 16.0. The van der Waals surface area contributed by atoms with E-state index in [1.54, 1.807) is 0 Å². The SMILES string of the molecule is CS(=O)(=O)N1CCC[C@@H](C(=O)NCc2ccc(N3CCOCC3)cc2)C1. The molecule has 0 unspecified atom stereocenters. The van der Waals surface area contributed by atoms with Crippen molar-refractivity contribution in [1.29, 1.82) is 0 Å². The first kappa shape index (κ1) is 19.1. The quantitative estimate of drug-likeness (QED) is 0.817. The van der Waals surface area contributed by atoms with Gasteiger partial charge in [0.1, 0.15) is 0 Å². The van der Waals surface area contributed by atoms with Gasteiger partial charge in [-0.3, -0.25) is 4.79 Å². The molecular formula is C18H27N3O4S. The van der Waals surface area contributed by atoms with E-state index in [9.17, 15) is 13.2 Å². The number of rotatable bonds is 5. The molecule has 26 heavy (non-hydrogen) atoms. The first-order chi connectivity index (χ1) is 12.4. The van der Waals surface area contributed by atoms with Gasteiger partial charge in [0.15, 0.2) is 0 Å². The molecule has 0 saturated carbocycles. The molecule has 1 aromatic carbocycles. The number of amides is 1. The van der Waals surface area contributed by atoms with Crippen molar-refractivity contribution >= 4 is 21.6 Å². The van der Waals surface area contributed by atoms with E-state index in [1.807, 2.05) is 12.1 Å². The third-order valence-electron chi connectivity index (χ3n) is 5.00. The molecule has 7 nitrogen and oxygen atoms in total. The van der Waals surface area contributed by atoms with E-state index < -0.39 is 10.0 Å². The number of ether oxygens (including phenoxy) is 1. The maximum absolute atomic E-state index is 12.4. The Morgan fingerprint density at radius 3 is 2.54 bits per heavy atom. The van der Waals surface area contributed by atoms with Crippen LogP contribution >= 0.6 is 0 Å². The maximum Gasteiger partial charge on any atom is 0.224 e. The Morgan fingerprint density at radius 1 is 1.19 bits per heavy atom. The van der Waals surface area contributed by atoms with E-state index in [2.05, 4.69) is 22.3 Å². The highest BCUT2D eigenvalue weighted by Crippen LogP contribution is 2.20. The van der Waals surface area contributed by atoms with E-state index in [-0.39, 0.29) is 18.4 Å². The molecule has 0 aliphatic carbocycles. The lowest BCUT2D eigenvalue weighted by Gasteiger charge is -2.30. The number of anilines is 1. The number of carbonyl (C=O) groups is 1. The number of hydrogen-bond donors (Lipinski definition) is 1. The fraction of sp³-hybridized carbons (Fsp3) is 0.611. The van der Waals surface area contributed by atoms with Crippen LogP contribution < -0.4 is 10.2 Å². The fourth-order valence-electron chi connectivity index (χ4n) is 3.44. The predicted molar refractivity (Wildman–Crippen MR) is 100 cm³/mol. The van der Waals surface area contributed by atoms with Gasteiger partial charge in [0.05, 0.1) is 25.4 Å². The summed E-state index contributed by atoms with van der Waals surface area (Å²) < 4.78 is 30.1. The van der Waals surface area contributed by atoms with Gasteiger partial charge < -0.3 is 15.0 Å². The highest BCUT2D eigenvalue weighted by molar-refractivity contribution is 7.88. The van der Waals surface area contributed by atoms with E-state index in [0.29, 0.717) is 13.1 Å². The molecule has 2 fully saturated rings. The summed E-state index contributed by atoms with van der Waals surface area (Å²) in [6, 6.07) is 8.18. The summed E-state index contributed by atoms with van der Waals surface area (Å²) >= 11 is 0. The molecule has 8 heteroatoms. The van der Waals surface area contributed by atoms with Gasteiger partial charge >= 0.3 is 0 Å². The number of benzene rings is 1. The molecule has 1 amide bonds. The van der Waals surface area contributed by atoms with Crippen LogP contribution in [0.4, 0.5) is 5.69 Å². The van der Waals surface area contributed by atoms with Crippen LogP contribution in [-0.2, 0) is 26.1 Å². The lowest BCUT2D eigenvalue weighted by atomic mass is 9.98. The lowest BCUT2D eigenvalue weighted by Crippen LogP contribution is -2.44. The van der Waals surface area contributed by atoms with E-state index in [0.717, 1.165) is 44.7 Å². The molecule has 144 valence electrons. The minimum absolute atomic E-state index is 0.0735. The Morgan fingerprint density at radius 2 is 1.88 bits per heavy atom. The largest absolute Gasteiger partial charge is 0.378 e. The number of piperidine rings is 1. The summed E-state index contributed by atoms with van der Waals surface area (Å²) in [6.07, 6.45) is 2.65. The summed E-state index contributed by atoms with van der Waals surface area (Å²) in [5, 5.41) is 2.95. The molecule has 3 rings (SSSR count). The van der Waals surface area contributed by atoms with Gasteiger partial charge in [-0.1, -0.05) is 12.1 Å². The van der Waals surface area contributed by atoms with Crippen LogP contribution in [-0.4, -0.2) is 64.3 Å². The average Bonchev–Trinajstić information content (AvgIpc) is 2.66. The van der Waals surface area contributed by atoms with Crippen LogP contribution in [0.15, 0.2) is 24.3 Å². The molecule has 0 aromatic heterocycles. The lowest BCUT2D eigenvalue weighted by molar-refractivity contribution is -0.126. The molecule has 1 atom stereocenters. The highest BCUT2D eigenvalue weighted by Gasteiger charge is 2.29. The van der Waals surface area contributed by atoms with Crippen LogP contribution in [0.25, 0.3) is 0 Å². The predicted octanol–water partition coefficient (Wildman–Crippen LogP) is 0.811. The Hall–Kier alpha value is -1.64. The summed E-state index contributed by atoms with van der Waals surface area (Å²) in [4.78, 5) is 14.7. The molecule has 0 radical (unpaired) electrons. The normalized spacial score (nSPS) is 22.2. The van der Waals surface area contributed by atoms with E-state index >= 15 is 0 Å². The van der Waals surface area contributed by atoms with Crippen LogP contribution in [0.5, 0.6) is 0 Å². The molecule has 1 N–H and O–H groups in total. The topological polar surface area (TPSA) is 79.0 Å². The summed E-state index contributed by atoms with van der Waals surface area (Å²) in [7, 11) is -3.24. The average molecular weight is 381 g/mol. The monoisotopic (exact) mass is 381 g/mol. The maximum atomic E-state index is 12.4. The molecule has 2 aliphatic rings. The van der Waals surface area contributed by atoms with Gasteiger partial charge in [-0.2, -0.15) is 0 Å². The van der Waals surface area contributed by atoms with Crippen molar-refractivity contribution in [3.63, 3.8) is 0 Å². The van der Waals surface area contributed by atoms with Crippen molar-refractivity contribution in [2.75, 3.05) is 50.5 Å². The second-order valence-corrected chi connectivity index (χ2v) is 8.93. The Balaban J connectivity index is 1.51. The van der Waals surface area contributed by atoms with Crippen molar-refractivity contribution < 1.29 is 17.9 Å². The van der Waals surface area contributed by atoms with Crippen LogP contribution in [0.2, 0.25) is 0 Å². The number of morpholine rings is 1. The van der Waals surface area contributed by atoms with Gasteiger partial charge in [0.2, 0.25) is 15.9 Å². The van der Waals surface area contributed by atoms with Crippen LogP contribution in [0, 0.1) is 5.92 Å². The van der Waals surface area contributed by atoms with Crippen molar-refractivity contribution in [2.45, 2.75) is 19.4 Å². The third-order valence-corrected chi connectivity index (χ3v) is 6.27. The molecule has 2 saturated heterocycles. The van der Waals surface area contributed by atoms with Crippen molar-refractivity contribution in [2.24, 2.45) is 5.92 Å². The number of nitrogens with one attached hydrogen (secondary N) is 1. The van der Waals surface area contributed by atoms with Gasteiger partial charge in [0, 0.05) is 38.4 Å². The number of hydrogen-bond acceptors (Lipinski definition) is 5. The first-order valence-corrected chi connectivity index (χ1v) is 10.9. The second-order valence-electron chi connectivity index (χ2n) is 6.94. The Kier molecular flexibility index (Phi) is 6.16. The van der Waals surface area contributed by atoms with Crippen molar-refractivity contribution in [3.8, 4) is 0 Å². The van der Waals surface area contributed by atoms with Gasteiger partial charge in [-0.05, 0) is 30.5 Å². The van der Waals surface area contributed by atoms with Crippen LogP contribution in [0.1, 0.15) is 18.4 Å². The zero-order chi connectivity index (χ0) is 18.6. The minimum atomic E-state index is -3.24. The highest BCUT2D eigenvalue weighted by atomic mass is 32.2. The molecule has 1 aromatic rings. The first-order valence-electron chi connectivity index (χ1n) is 9.08. The van der Waals surface area contributed by atoms with E-state index in [1.165, 1.54) is 16.2 Å². The van der Waals surface area contributed by atoms with Gasteiger partial charge in [0.25, 0.3) is 0 Å². The molecule has 2 heterocycles. The van der Waals surface area contributed by atoms with Gasteiger partial charge in [-0.15, -0.1) is 0 Å². The summed E-state index contributed by atoms with van der Waals surface area (Å²) in [6.45, 7) is 4.54. The Labute approximate surface area is 155 Å². The minimum Gasteiger partial charge on any atom is -0.378 e. The molecular weight excluding hydrogens is 354 g/mol. The smallest absolute Gasteiger partial charge is 0.224 e. The molecule has 0 spiro atoms. The van der Waals surface area contributed by atoms with Crippen molar-refractivity contribution in [3.05, 3.63) is 29.8 Å². The van der Waals surface area contributed by atoms with Crippen molar-refractivity contribution in [1.82, 2.24) is 9.62 Å². The number of carbonyl (C=O) groups excluding carboxylic acids is 1. The number of nitrogens with zero attached hydrogens (tertiary/aromatic N) is 2. The second kappa shape index (κ2) is 8.37. The van der Waals surface area contributed by atoms with Crippen LogP contribution in [0.3, 0.4) is 0 Å². The van der Waals surface area contributed by atoms with E-state index in [4.69, 9.17) is 4.74 Å². The zero-order valence-electron chi connectivity index (χ0n) is 15.2. The summed E-state index contributed by atoms with van der Waals surface area (Å²) in [5.74, 6) is -0.346. The summed E-state index contributed by atoms with van der Waals surface area (Å²) in [5.41, 5.74) is 2.20. The third kappa shape index (κ3) is 4.96. The number of sulfonamides is 1.